The first-order valence-electron chi connectivity index (χ1n) is 6.22. The first kappa shape index (κ1) is 17.4. The summed E-state index contributed by atoms with van der Waals surface area (Å²) in [4.78, 5) is 13.1. The minimum Gasteiger partial charge on any atom is -0.476 e. The second-order valence-electron chi connectivity index (χ2n) is 4.75. The molecule has 4 N–H and O–H groups in total. The van der Waals surface area contributed by atoms with Crippen molar-refractivity contribution in [2.24, 2.45) is 0 Å². The van der Waals surface area contributed by atoms with Gasteiger partial charge in [0.15, 0.2) is 5.69 Å². The number of pyridine rings is 1. The van der Waals surface area contributed by atoms with E-state index in [-0.39, 0.29) is 22.8 Å². The lowest BCUT2D eigenvalue weighted by Gasteiger charge is -2.27. The molecule has 8 nitrogen and oxygen atoms in total. The predicted molar refractivity (Wildman–Crippen MR) is 83.6 cm³/mol. The van der Waals surface area contributed by atoms with Gasteiger partial charge in [-0.2, -0.15) is 8.42 Å². The number of carboxylic acids is 1. The SMILES string of the molecule is COC1(S(=O)(=O)O)C=CC(c2cc(N)c(Cl)c(C(=O)O)n2)=CC1. The maximum atomic E-state index is 11.4. The summed E-state index contributed by atoms with van der Waals surface area (Å²) in [6.07, 6.45) is 3.77. The van der Waals surface area contributed by atoms with E-state index < -0.39 is 26.7 Å². The molecule has 1 aromatic heterocycles. The van der Waals surface area contributed by atoms with Crippen LogP contribution in [0, 0.1) is 0 Å². The molecule has 0 aliphatic heterocycles. The number of nitrogens with zero attached hydrogens (tertiary/aromatic N) is 1. The number of halogens is 1. The van der Waals surface area contributed by atoms with Crippen LogP contribution in [0.5, 0.6) is 0 Å². The van der Waals surface area contributed by atoms with Crippen molar-refractivity contribution in [2.45, 2.75) is 11.4 Å². The molecular formula is C13H13ClN2O6S. The number of aromatic carboxylic acids is 1. The summed E-state index contributed by atoms with van der Waals surface area (Å²) in [5, 5.41) is 8.89. The number of hydrogen-bond donors (Lipinski definition) is 3. The number of carbonyl (C=O) groups is 1. The number of rotatable bonds is 4. The Balaban J connectivity index is 2.46. The molecule has 0 aromatic carbocycles. The van der Waals surface area contributed by atoms with E-state index in [0.717, 1.165) is 13.2 Å². The number of hydrogen-bond acceptors (Lipinski definition) is 6. The van der Waals surface area contributed by atoms with Gasteiger partial charge in [0.2, 0.25) is 4.93 Å². The van der Waals surface area contributed by atoms with E-state index >= 15 is 0 Å². The Kier molecular flexibility index (Phi) is 4.49. The molecule has 1 atom stereocenters. The fourth-order valence-electron chi connectivity index (χ4n) is 2.08. The van der Waals surface area contributed by atoms with Gasteiger partial charge in [0.1, 0.15) is 0 Å². The van der Waals surface area contributed by atoms with E-state index in [1.165, 1.54) is 18.2 Å². The maximum absolute atomic E-state index is 11.4. The number of nitrogens with two attached hydrogens (primary N) is 1. The van der Waals surface area contributed by atoms with Crippen LogP contribution in [0.1, 0.15) is 22.6 Å². The van der Waals surface area contributed by atoms with Crippen molar-refractivity contribution >= 4 is 38.9 Å². The fourth-order valence-corrected chi connectivity index (χ4v) is 3.00. The average Bonchev–Trinajstić information content (AvgIpc) is 2.48. The summed E-state index contributed by atoms with van der Waals surface area (Å²) >= 11 is 5.79. The smallest absolute Gasteiger partial charge is 0.356 e. The molecule has 0 saturated carbocycles. The number of nitrogen functional groups attached to an aromatic ring is 1. The van der Waals surface area contributed by atoms with Crippen LogP contribution < -0.4 is 5.73 Å². The van der Waals surface area contributed by atoms with Crippen LogP contribution in [0.4, 0.5) is 5.69 Å². The van der Waals surface area contributed by atoms with Crippen molar-refractivity contribution in [1.29, 1.82) is 0 Å². The summed E-state index contributed by atoms with van der Waals surface area (Å²) < 4.78 is 37.1. The number of aromatic nitrogens is 1. The van der Waals surface area contributed by atoms with Gasteiger partial charge in [0, 0.05) is 13.5 Å². The quantitative estimate of drug-likeness (QED) is 0.687. The molecule has 0 radical (unpaired) electrons. The number of methoxy groups -OCH3 is 1. The van der Waals surface area contributed by atoms with Crippen molar-refractivity contribution in [1.82, 2.24) is 4.98 Å². The summed E-state index contributed by atoms with van der Waals surface area (Å²) in [6.45, 7) is 0. The van der Waals surface area contributed by atoms with Crippen molar-refractivity contribution in [2.75, 3.05) is 12.8 Å². The molecule has 0 amide bonds. The molecule has 0 saturated heterocycles. The highest BCUT2D eigenvalue weighted by atomic mass is 35.5. The normalized spacial score (nSPS) is 21.1. The van der Waals surface area contributed by atoms with E-state index in [4.69, 9.17) is 27.2 Å². The van der Waals surface area contributed by atoms with Gasteiger partial charge >= 0.3 is 5.97 Å². The van der Waals surface area contributed by atoms with E-state index in [2.05, 4.69) is 4.98 Å². The second-order valence-corrected chi connectivity index (χ2v) is 6.77. The Morgan fingerprint density at radius 1 is 1.52 bits per heavy atom. The molecule has 1 heterocycles. The Labute approximate surface area is 137 Å². The third kappa shape index (κ3) is 3.08. The molecule has 1 aliphatic carbocycles. The molecule has 0 fully saturated rings. The van der Waals surface area contributed by atoms with E-state index in [0.29, 0.717) is 5.57 Å². The lowest BCUT2D eigenvalue weighted by molar-refractivity contribution is 0.0690. The van der Waals surface area contributed by atoms with E-state index in [1.54, 1.807) is 0 Å². The van der Waals surface area contributed by atoms with Crippen molar-refractivity contribution < 1.29 is 27.6 Å². The summed E-state index contributed by atoms with van der Waals surface area (Å²) in [7, 11) is -3.34. The lowest BCUT2D eigenvalue weighted by Crippen LogP contribution is -2.38. The van der Waals surface area contributed by atoms with Gasteiger partial charge in [0.05, 0.1) is 16.4 Å². The van der Waals surface area contributed by atoms with Crippen LogP contribution in [0.25, 0.3) is 5.57 Å². The minimum atomic E-state index is -4.49. The molecule has 0 bridgehead atoms. The number of ether oxygens (including phenoxy) is 1. The Hall–Kier alpha value is -1.94. The largest absolute Gasteiger partial charge is 0.476 e. The van der Waals surface area contributed by atoms with Gasteiger partial charge in [-0.05, 0) is 17.7 Å². The fraction of sp³-hybridized carbons (Fsp3) is 0.231. The first-order chi connectivity index (χ1) is 10.6. The van der Waals surface area contributed by atoms with Gasteiger partial charge in [0.25, 0.3) is 10.1 Å². The topological polar surface area (TPSA) is 140 Å². The predicted octanol–water partition coefficient (Wildman–Crippen LogP) is 1.59. The highest BCUT2D eigenvalue weighted by Gasteiger charge is 2.41. The molecule has 1 aromatic rings. The minimum absolute atomic E-state index is 0.0294. The Bertz CT molecular complexity index is 833. The summed E-state index contributed by atoms with van der Waals surface area (Å²) in [5.41, 5.74) is 5.92. The van der Waals surface area contributed by atoms with Crippen LogP contribution in [0.3, 0.4) is 0 Å². The standard InChI is InChI=1S/C13H13ClN2O6S/c1-22-13(23(19,20)21)4-2-7(3-5-13)9-6-8(15)10(14)11(16-9)12(17)18/h2-4,6H,5H2,1H3,(H2,15,16)(H,17,18)(H,19,20,21). The lowest BCUT2D eigenvalue weighted by atomic mass is 10.0. The molecule has 2 rings (SSSR count). The van der Waals surface area contributed by atoms with Crippen molar-refractivity contribution in [3.8, 4) is 0 Å². The molecule has 1 unspecified atom stereocenters. The maximum Gasteiger partial charge on any atom is 0.356 e. The van der Waals surface area contributed by atoms with Gasteiger partial charge in [-0.15, -0.1) is 0 Å². The number of anilines is 1. The van der Waals surface area contributed by atoms with Gasteiger partial charge in [-0.3, -0.25) is 4.55 Å². The Morgan fingerprint density at radius 2 is 2.17 bits per heavy atom. The second kappa shape index (κ2) is 5.93. The van der Waals surface area contributed by atoms with Gasteiger partial charge in [-0.25, -0.2) is 9.78 Å². The first-order valence-corrected chi connectivity index (χ1v) is 8.04. The zero-order valence-electron chi connectivity index (χ0n) is 11.9. The van der Waals surface area contributed by atoms with Crippen molar-refractivity contribution in [3.63, 3.8) is 0 Å². The summed E-state index contributed by atoms with van der Waals surface area (Å²) in [5.74, 6) is -1.34. The van der Waals surface area contributed by atoms with Crippen LogP contribution in [0.15, 0.2) is 24.3 Å². The summed E-state index contributed by atoms with van der Waals surface area (Å²) in [6, 6.07) is 1.37. The van der Waals surface area contributed by atoms with E-state index in [1.807, 2.05) is 0 Å². The molecule has 0 spiro atoms. The molecular weight excluding hydrogens is 348 g/mol. The van der Waals surface area contributed by atoms with Crippen LogP contribution >= 0.6 is 11.6 Å². The molecule has 23 heavy (non-hydrogen) atoms. The average molecular weight is 361 g/mol. The number of allylic oxidation sites excluding steroid dienone is 2. The molecule has 1 aliphatic rings. The van der Waals surface area contributed by atoms with E-state index in [9.17, 15) is 17.8 Å². The zero-order valence-corrected chi connectivity index (χ0v) is 13.4. The van der Waals surface area contributed by atoms with Crippen LogP contribution in [0.2, 0.25) is 5.02 Å². The highest BCUT2D eigenvalue weighted by molar-refractivity contribution is 7.87. The van der Waals surface area contributed by atoms with Gasteiger partial charge in [-0.1, -0.05) is 23.8 Å². The van der Waals surface area contributed by atoms with Crippen molar-refractivity contribution in [3.05, 3.63) is 40.7 Å². The monoisotopic (exact) mass is 360 g/mol. The van der Waals surface area contributed by atoms with Gasteiger partial charge < -0.3 is 15.6 Å². The molecule has 10 heteroatoms. The molecule has 124 valence electrons. The van der Waals surface area contributed by atoms with Crippen LogP contribution in [-0.2, 0) is 14.9 Å². The zero-order chi connectivity index (χ0) is 17.4. The third-order valence-corrected chi connectivity index (χ3v) is 5.13. The highest BCUT2D eigenvalue weighted by Crippen LogP contribution is 2.34. The Morgan fingerprint density at radius 3 is 2.61 bits per heavy atom. The number of carboxylic acid groups (broad SMARTS) is 1. The van der Waals surface area contributed by atoms with Crippen LogP contribution in [-0.4, -0.2) is 41.1 Å². The third-order valence-electron chi connectivity index (χ3n) is 3.39.